The Labute approximate surface area is 205 Å². The van der Waals surface area contributed by atoms with Gasteiger partial charge in [0, 0.05) is 38.3 Å². The zero-order chi connectivity index (χ0) is 24.8. The molecule has 1 unspecified atom stereocenters. The average Bonchev–Trinajstić information content (AvgIpc) is 2.87. The summed E-state index contributed by atoms with van der Waals surface area (Å²) in [7, 11) is -1.99. The van der Waals surface area contributed by atoms with Gasteiger partial charge in [0.2, 0.25) is 0 Å². The summed E-state index contributed by atoms with van der Waals surface area (Å²) in [6, 6.07) is 20.7. The van der Waals surface area contributed by atoms with Crippen molar-refractivity contribution < 1.29 is 17.6 Å². The molecule has 1 fully saturated rings. The summed E-state index contributed by atoms with van der Waals surface area (Å²) < 4.78 is 41.9. The van der Waals surface area contributed by atoms with Gasteiger partial charge < -0.3 is 10.2 Å². The SMILES string of the molecule is CN1CCN(CC(NC(=O)c2cccc(S(=O)(=O)Nc3ccccc3F)c2)c2ccccc2)CC1. The van der Waals surface area contributed by atoms with Gasteiger partial charge in [-0.2, -0.15) is 0 Å². The number of carbonyl (C=O) groups excluding carboxylic acids is 1. The van der Waals surface area contributed by atoms with Crippen molar-refractivity contribution in [1.82, 2.24) is 15.1 Å². The maximum absolute atomic E-state index is 14.0. The molecule has 0 aliphatic carbocycles. The number of hydrogen-bond acceptors (Lipinski definition) is 5. The minimum absolute atomic E-state index is 0.122. The van der Waals surface area contributed by atoms with E-state index in [-0.39, 0.29) is 28.1 Å². The molecule has 3 aromatic rings. The van der Waals surface area contributed by atoms with Crippen LogP contribution in [0.2, 0.25) is 0 Å². The van der Waals surface area contributed by atoms with E-state index >= 15 is 0 Å². The van der Waals surface area contributed by atoms with Crippen LogP contribution in [0.15, 0.2) is 83.8 Å². The molecular weight excluding hydrogens is 467 g/mol. The monoisotopic (exact) mass is 496 g/mol. The number of hydrogen-bond donors (Lipinski definition) is 2. The van der Waals surface area contributed by atoms with Crippen molar-refractivity contribution in [1.29, 1.82) is 0 Å². The predicted octanol–water partition coefficient (Wildman–Crippen LogP) is 3.35. The molecule has 1 amide bonds. The Kier molecular flexibility index (Phi) is 7.80. The van der Waals surface area contributed by atoms with E-state index in [1.54, 1.807) is 6.07 Å². The zero-order valence-electron chi connectivity index (χ0n) is 19.5. The van der Waals surface area contributed by atoms with Crippen molar-refractivity contribution in [2.24, 2.45) is 0 Å². The van der Waals surface area contributed by atoms with Gasteiger partial charge in [0.1, 0.15) is 5.82 Å². The van der Waals surface area contributed by atoms with Crippen LogP contribution in [0.5, 0.6) is 0 Å². The van der Waals surface area contributed by atoms with E-state index in [2.05, 4.69) is 26.9 Å². The average molecular weight is 497 g/mol. The fourth-order valence-corrected chi connectivity index (χ4v) is 5.11. The Balaban J connectivity index is 1.52. The predicted molar refractivity (Wildman–Crippen MR) is 134 cm³/mol. The lowest BCUT2D eigenvalue weighted by molar-refractivity contribution is 0.0907. The van der Waals surface area contributed by atoms with Crippen LogP contribution in [0.3, 0.4) is 0 Å². The highest BCUT2D eigenvalue weighted by atomic mass is 32.2. The van der Waals surface area contributed by atoms with Crippen LogP contribution in [0.1, 0.15) is 22.0 Å². The highest BCUT2D eigenvalue weighted by Crippen LogP contribution is 2.21. The van der Waals surface area contributed by atoms with E-state index in [0.717, 1.165) is 31.7 Å². The lowest BCUT2D eigenvalue weighted by Crippen LogP contribution is -2.47. The van der Waals surface area contributed by atoms with Crippen molar-refractivity contribution >= 4 is 21.6 Å². The second-order valence-corrected chi connectivity index (χ2v) is 10.3. The molecule has 1 heterocycles. The molecule has 0 radical (unpaired) electrons. The standard InChI is InChI=1S/C26H29FN4O3S/c1-30-14-16-31(17-15-30)19-25(20-8-3-2-4-9-20)28-26(32)21-10-7-11-22(18-21)35(33,34)29-24-13-6-5-12-23(24)27/h2-13,18,25,29H,14-17,19H2,1H3,(H,28,32). The van der Waals surface area contributed by atoms with Crippen molar-refractivity contribution in [2.45, 2.75) is 10.9 Å². The smallest absolute Gasteiger partial charge is 0.262 e. The fraction of sp³-hybridized carbons (Fsp3) is 0.269. The zero-order valence-corrected chi connectivity index (χ0v) is 20.3. The van der Waals surface area contributed by atoms with Crippen molar-refractivity contribution in [3.8, 4) is 0 Å². The maximum atomic E-state index is 14.0. The lowest BCUT2D eigenvalue weighted by Gasteiger charge is -2.35. The second kappa shape index (κ2) is 11.0. The van der Waals surface area contributed by atoms with Crippen molar-refractivity contribution in [3.05, 3.63) is 95.8 Å². The minimum atomic E-state index is -4.08. The fourth-order valence-electron chi connectivity index (χ4n) is 4.00. The molecule has 2 N–H and O–H groups in total. The van der Waals surface area contributed by atoms with Crippen LogP contribution in [0.25, 0.3) is 0 Å². The quantitative estimate of drug-likeness (QED) is 0.500. The van der Waals surface area contributed by atoms with Gasteiger partial charge in [0.05, 0.1) is 16.6 Å². The third-order valence-corrected chi connectivity index (χ3v) is 7.43. The van der Waals surface area contributed by atoms with E-state index < -0.39 is 15.8 Å². The number of halogens is 1. The first kappa shape index (κ1) is 24.8. The molecule has 1 aliphatic heterocycles. The van der Waals surface area contributed by atoms with Crippen molar-refractivity contribution in [3.63, 3.8) is 0 Å². The molecular formula is C26H29FN4O3S. The molecule has 35 heavy (non-hydrogen) atoms. The van der Waals surface area contributed by atoms with Crippen LogP contribution in [-0.4, -0.2) is 63.9 Å². The Hall–Kier alpha value is -3.27. The molecule has 9 heteroatoms. The molecule has 3 aromatic carbocycles. The van der Waals surface area contributed by atoms with E-state index in [4.69, 9.17) is 0 Å². The number of nitrogens with one attached hydrogen (secondary N) is 2. The van der Waals surface area contributed by atoms with Gasteiger partial charge in [-0.15, -0.1) is 0 Å². The number of sulfonamides is 1. The Morgan fingerprint density at radius 2 is 1.63 bits per heavy atom. The van der Waals surface area contributed by atoms with E-state index in [0.29, 0.717) is 6.54 Å². The molecule has 1 saturated heterocycles. The lowest BCUT2D eigenvalue weighted by atomic mass is 10.0. The largest absolute Gasteiger partial charge is 0.344 e. The summed E-state index contributed by atoms with van der Waals surface area (Å²) in [6.07, 6.45) is 0. The van der Waals surface area contributed by atoms with Crippen LogP contribution in [0, 0.1) is 5.82 Å². The Morgan fingerprint density at radius 3 is 2.34 bits per heavy atom. The molecule has 0 spiro atoms. The van der Waals surface area contributed by atoms with Gasteiger partial charge in [-0.25, -0.2) is 12.8 Å². The third-order valence-electron chi connectivity index (χ3n) is 6.07. The van der Waals surface area contributed by atoms with Crippen LogP contribution in [-0.2, 0) is 10.0 Å². The molecule has 1 aliphatic rings. The van der Waals surface area contributed by atoms with E-state index in [9.17, 15) is 17.6 Å². The molecule has 0 saturated carbocycles. The van der Waals surface area contributed by atoms with Gasteiger partial charge in [-0.3, -0.25) is 14.4 Å². The number of likely N-dealkylation sites (N-methyl/N-ethyl adjacent to an activating group) is 1. The van der Waals surface area contributed by atoms with Crippen LogP contribution >= 0.6 is 0 Å². The Morgan fingerprint density at radius 1 is 0.943 bits per heavy atom. The highest BCUT2D eigenvalue weighted by Gasteiger charge is 2.23. The third kappa shape index (κ3) is 6.45. The first-order valence-corrected chi connectivity index (χ1v) is 12.9. The summed E-state index contributed by atoms with van der Waals surface area (Å²) in [6.45, 7) is 4.39. The number of anilines is 1. The number of rotatable bonds is 8. The summed E-state index contributed by atoms with van der Waals surface area (Å²) in [5.41, 5.74) is 1.03. The van der Waals surface area contributed by atoms with E-state index in [1.165, 1.54) is 42.5 Å². The highest BCUT2D eigenvalue weighted by molar-refractivity contribution is 7.92. The van der Waals surface area contributed by atoms with Gasteiger partial charge >= 0.3 is 0 Å². The normalized spacial score (nSPS) is 15.9. The number of piperazine rings is 1. The minimum Gasteiger partial charge on any atom is -0.344 e. The van der Waals surface area contributed by atoms with Gasteiger partial charge in [0.25, 0.3) is 15.9 Å². The number of carbonyl (C=O) groups is 1. The molecule has 184 valence electrons. The van der Waals surface area contributed by atoms with Gasteiger partial charge in [-0.05, 0) is 42.9 Å². The summed E-state index contributed by atoms with van der Waals surface area (Å²) in [5, 5.41) is 3.08. The summed E-state index contributed by atoms with van der Waals surface area (Å²) >= 11 is 0. The number of benzene rings is 3. The van der Waals surface area contributed by atoms with Gasteiger partial charge in [-0.1, -0.05) is 48.5 Å². The number of para-hydroxylation sites is 1. The first-order chi connectivity index (χ1) is 16.8. The molecule has 4 rings (SSSR count). The second-order valence-electron chi connectivity index (χ2n) is 8.65. The summed E-state index contributed by atoms with van der Waals surface area (Å²) in [5.74, 6) is -1.06. The van der Waals surface area contributed by atoms with Crippen LogP contribution in [0.4, 0.5) is 10.1 Å². The molecule has 7 nitrogen and oxygen atoms in total. The van der Waals surface area contributed by atoms with Crippen LogP contribution < -0.4 is 10.0 Å². The number of nitrogens with zero attached hydrogens (tertiary/aromatic N) is 2. The topological polar surface area (TPSA) is 81.8 Å². The first-order valence-electron chi connectivity index (χ1n) is 11.5. The van der Waals surface area contributed by atoms with E-state index in [1.807, 2.05) is 30.3 Å². The summed E-state index contributed by atoms with van der Waals surface area (Å²) in [4.78, 5) is 17.7. The molecule has 0 bridgehead atoms. The van der Waals surface area contributed by atoms with Crippen molar-refractivity contribution in [2.75, 3.05) is 44.5 Å². The Bertz CT molecular complexity index is 1260. The molecule has 0 aromatic heterocycles. The number of amides is 1. The molecule has 1 atom stereocenters. The maximum Gasteiger partial charge on any atom is 0.262 e. The van der Waals surface area contributed by atoms with Gasteiger partial charge in [0.15, 0.2) is 0 Å².